The number of fused-ring (bicyclic) bond motifs is 5. The first-order chi connectivity index (χ1) is 16.2. The van der Waals surface area contributed by atoms with Crippen LogP contribution in [0.1, 0.15) is 97.8 Å². The van der Waals surface area contributed by atoms with Crippen LogP contribution in [-0.4, -0.2) is 47.7 Å². The first-order valence-electron chi connectivity index (χ1n) is 14.4. The normalized spacial score (nSPS) is 47.9. The Hall–Kier alpha value is -0.650. The van der Waals surface area contributed by atoms with Crippen LogP contribution < -0.4 is 0 Å². The van der Waals surface area contributed by atoms with Crippen molar-refractivity contribution in [3.05, 3.63) is 0 Å². The van der Waals surface area contributed by atoms with Gasteiger partial charge in [-0.1, -0.05) is 20.8 Å². The van der Waals surface area contributed by atoms with Gasteiger partial charge < -0.3 is 19.7 Å². The van der Waals surface area contributed by atoms with E-state index in [-0.39, 0.29) is 35.1 Å². The molecule has 0 aromatic heterocycles. The van der Waals surface area contributed by atoms with Crippen molar-refractivity contribution in [3.63, 3.8) is 0 Å². The maximum atomic E-state index is 12.5. The summed E-state index contributed by atoms with van der Waals surface area (Å²) in [7, 11) is 0. The lowest BCUT2D eigenvalue weighted by molar-refractivity contribution is -0.174. The topological polar surface area (TPSA) is 76.0 Å². The minimum Gasteiger partial charge on any atom is -0.462 e. The van der Waals surface area contributed by atoms with Gasteiger partial charge in [0.2, 0.25) is 0 Å². The third-order valence-corrected chi connectivity index (χ3v) is 11.7. The fraction of sp³-hybridized carbons (Fsp3) is 0.966. The van der Waals surface area contributed by atoms with E-state index in [0.717, 1.165) is 44.9 Å². The molecule has 0 amide bonds. The zero-order chi connectivity index (χ0) is 24.1. The van der Waals surface area contributed by atoms with Gasteiger partial charge in [-0.2, -0.15) is 0 Å². The van der Waals surface area contributed by atoms with E-state index >= 15 is 0 Å². The molecule has 34 heavy (non-hydrogen) atoms. The van der Waals surface area contributed by atoms with E-state index in [0.29, 0.717) is 55.1 Å². The SMILES string of the molecule is CC(CCC(=O)OC1CCOCC1)C1CCC2C3C(O)CC4CC(O)CCC4(C)C3CCC12C. The number of hydrogen-bond donors (Lipinski definition) is 2. The molecule has 1 aliphatic heterocycles. The quantitative estimate of drug-likeness (QED) is 0.539. The van der Waals surface area contributed by atoms with Gasteiger partial charge in [-0.15, -0.1) is 0 Å². The second-order valence-electron chi connectivity index (χ2n) is 13.3. The van der Waals surface area contributed by atoms with Gasteiger partial charge in [-0.25, -0.2) is 0 Å². The Morgan fingerprint density at radius 1 is 0.971 bits per heavy atom. The summed E-state index contributed by atoms with van der Waals surface area (Å²) in [6.07, 6.45) is 11.4. The molecule has 1 saturated heterocycles. The fourth-order valence-corrected chi connectivity index (χ4v) is 9.76. The molecule has 5 rings (SSSR count). The summed E-state index contributed by atoms with van der Waals surface area (Å²) in [5.74, 6) is 3.15. The molecule has 194 valence electrons. The lowest BCUT2D eigenvalue weighted by Gasteiger charge is -2.62. The summed E-state index contributed by atoms with van der Waals surface area (Å²) < 4.78 is 11.1. The van der Waals surface area contributed by atoms with Gasteiger partial charge in [0.1, 0.15) is 6.10 Å². The molecule has 4 saturated carbocycles. The standard InChI is InChI=1S/C29H48O5/c1-18(4-7-26(32)34-21-10-14-33-15-11-21)22-5-6-23-27-24(9-13-29(22,23)3)28(2)12-8-20(30)16-19(28)17-25(27)31/h18-25,27,30-31H,4-17H2,1-3H3. The Morgan fingerprint density at radius 2 is 1.68 bits per heavy atom. The highest BCUT2D eigenvalue weighted by Crippen LogP contribution is 2.68. The first-order valence-corrected chi connectivity index (χ1v) is 14.4. The van der Waals surface area contributed by atoms with Crippen LogP contribution in [0.2, 0.25) is 0 Å². The van der Waals surface area contributed by atoms with Gasteiger partial charge in [-0.3, -0.25) is 4.79 Å². The summed E-state index contributed by atoms with van der Waals surface area (Å²) in [5.41, 5.74) is 0.547. The molecular formula is C29H48O5. The summed E-state index contributed by atoms with van der Waals surface area (Å²) in [4.78, 5) is 12.5. The molecule has 5 heteroatoms. The summed E-state index contributed by atoms with van der Waals surface area (Å²) in [5, 5.41) is 21.7. The minimum absolute atomic E-state index is 0.0386. The lowest BCUT2D eigenvalue weighted by atomic mass is 9.43. The van der Waals surface area contributed by atoms with Crippen molar-refractivity contribution >= 4 is 5.97 Å². The van der Waals surface area contributed by atoms with Gasteiger partial charge in [0.05, 0.1) is 25.4 Å². The van der Waals surface area contributed by atoms with Crippen LogP contribution in [0.3, 0.4) is 0 Å². The van der Waals surface area contributed by atoms with Crippen LogP contribution in [0.4, 0.5) is 0 Å². The third kappa shape index (κ3) is 4.36. The van der Waals surface area contributed by atoms with Crippen LogP contribution in [0.15, 0.2) is 0 Å². The van der Waals surface area contributed by atoms with Crippen LogP contribution in [-0.2, 0) is 14.3 Å². The molecule has 0 radical (unpaired) electrons. The number of carbonyl (C=O) groups is 1. The fourth-order valence-electron chi connectivity index (χ4n) is 9.76. The van der Waals surface area contributed by atoms with Crippen LogP contribution in [0, 0.1) is 46.3 Å². The molecule has 0 spiro atoms. The molecule has 0 aromatic rings. The van der Waals surface area contributed by atoms with Gasteiger partial charge in [0.15, 0.2) is 0 Å². The molecular weight excluding hydrogens is 428 g/mol. The highest BCUT2D eigenvalue weighted by molar-refractivity contribution is 5.69. The summed E-state index contributed by atoms with van der Waals surface area (Å²) >= 11 is 0. The Bertz CT molecular complexity index is 734. The van der Waals surface area contributed by atoms with Crippen LogP contribution in [0.25, 0.3) is 0 Å². The Labute approximate surface area is 206 Å². The van der Waals surface area contributed by atoms with Crippen molar-refractivity contribution in [2.45, 2.75) is 116 Å². The van der Waals surface area contributed by atoms with Crippen molar-refractivity contribution in [1.29, 1.82) is 0 Å². The molecule has 0 bridgehead atoms. The number of carbonyl (C=O) groups excluding carboxylic acids is 1. The number of esters is 1. The second kappa shape index (κ2) is 9.67. The molecule has 5 fully saturated rings. The molecule has 10 unspecified atom stereocenters. The summed E-state index contributed by atoms with van der Waals surface area (Å²) in [6.45, 7) is 8.74. The number of rotatable bonds is 5. The van der Waals surface area contributed by atoms with Crippen LogP contribution in [0.5, 0.6) is 0 Å². The molecule has 2 N–H and O–H groups in total. The van der Waals surface area contributed by atoms with E-state index in [1.807, 2.05) is 0 Å². The average molecular weight is 477 g/mol. The van der Waals surface area contributed by atoms with E-state index in [2.05, 4.69) is 20.8 Å². The summed E-state index contributed by atoms with van der Waals surface area (Å²) in [6, 6.07) is 0. The molecule has 5 nitrogen and oxygen atoms in total. The highest BCUT2D eigenvalue weighted by atomic mass is 16.6. The lowest BCUT2D eigenvalue weighted by Crippen LogP contribution is -2.58. The molecule has 10 atom stereocenters. The number of ether oxygens (including phenoxy) is 2. The monoisotopic (exact) mass is 476 g/mol. The number of hydrogen-bond acceptors (Lipinski definition) is 5. The maximum absolute atomic E-state index is 12.5. The molecule has 0 aromatic carbocycles. The smallest absolute Gasteiger partial charge is 0.306 e. The van der Waals surface area contributed by atoms with Crippen molar-refractivity contribution in [3.8, 4) is 0 Å². The average Bonchev–Trinajstić information content (AvgIpc) is 3.16. The molecule has 5 aliphatic rings. The zero-order valence-electron chi connectivity index (χ0n) is 21.7. The van der Waals surface area contributed by atoms with E-state index in [1.54, 1.807) is 0 Å². The van der Waals surface area contributed by atoms with Gasteiger partial charge in [-0.05, 0) is 104 Å². The number of aliphatic hydroxyl groups excluding tert-OH is 2. The van der Waals surface area contributed by atoms with Crippen molar-refractivity contribution in [2.75, 3.05) is 13.2 Å². The molecule has 4 aliphatic carbocycles. The Morgan fingerprint density at radius 3 is 2.44 bits per heavy atom. The zero-order valence-corrected chi connectivity index (χ0v) is 21.7. The highest BCUT2D eigenvalue weighted by Gasteiger charge is 2.62. The van der Waals surface area contributed by atoms with Crippen LogP contribution >= 0.6 is 0 Å². The second-order valence-corrected chi connectivity index (χ2v) is 13.3. The predicted octanol–water partition coefficient (Wildman–Crippen LogP) is 5.12. The van der Waals surface area contributed by atoms with Gasteiger partial charge in [0, 0.05) is 19.3 Å². The van der Waals surface area contributed by atoms with E-state index in [4.69, 9.17) is 9.47 Å². The maximum Gasteiger partial charge on any atom is 0.306 e. The van der Waals surface area contributed by atoms with E-state index < -0.39 is 0 Å². The number of aliphatic hydroxyl groups is 2. The predicted molar refractivity (Wildman–Crippen MR) is 131 cm³/mol. The third-order valence-electron chi connectivity index (χ3n) is 11.7. The largest absolute Gasteiger partial charge is 0.462 e. The van der Waals surface area contributed by atoms with Crippen molar-refractivity contribution in [2.24, 2.45) is 46.3 Å². The van der Waals surface area contributed by atoms with E-state index in [9.17, 15) is 15.0 Å². The van der Waals surface area contributed by atoms with E-state index in [1.165, 1.54) is 25.7 Å². The van der Waals surface area contributed by atoms with Crippen molar-refractivity contribution < 1.29 is 24.5 Å². The molecule has 1 heterocycles. The van der Waals surface area contributed by atoms with Crippen molar-refractivity contribution in [1.82, 2.24) is 0 Å². The van der Waals surface area contributed by atoms with Gasteiger partial charge in [0.25, 0.3) is 0 Å². The minimum atomic E-state index is -0.221. The Balaban J connectivity index is 1.22. The first kappa shape index (κ1) is 25.0. The Kier molecular flexibility index (Phi) is 7.11. The van der Waals surface area contributed by atoms with Gasteiger partial charge >= 0.3 is 5.97 Å².